The first-order valence-corrected chi connectivity index (χ1v) is 13.4. The number of fused-ring (bicyclic) bond motifs is 5. The number of likely N-dealkylation sites (N-methyl/N-ethyl adjacent to an activating group) is 4. The molecule has 7 rings (SSSR count). The maximum atomic E-state index is 14.7. The van der Waals surface area contributed by atoms with E-state index in [1.54, 1.807) is 38.0 Å². The average Bonchev–Trinajstić information content (AvgIpc) is 3.60. The minimum atomic E-state index is -1.45. The third-order valence-electron chi connectivity index (χ3n) is 9.23. The number of guanidine groups is 2. The second-order valence-corrected chi connectivity index (χ2v) is 11.7. The Bertz CT molecular complexity index is 1790. The van der Waals surface area contributed by atoms with Crippen LogP contribution in [-0.4, -0.2) is 87.0 Å². The smallest absolute Gasteiger partial charge is 0.261 e. The molecule has 0 unspecified atom stereocenters. The zero-order valence-corrected chi connectivity index (χ0v) is 23.5. The molecule has 4 N–H and O–H groups in total. The number of hydrogen-bond acceptors (Lipinski definition) is 4. The quantitative estimate of drug-likeness (QED) is 0.273. The van der Waals surface area contributed by atoms with Crippen molar-refractivity contribution in [1.29, 1.82) is 10.8 Å². The molecule has 3 aliphatic rings. The molecule has 2 aromatic heterocycles. The molecule has 4 heterocycles. The van der Waals surface area contributed by atoms with Gasteiger partial charge in [0.15, 0.2) is 5.54 Å². The number of rotatable bonds is 1. The average molecular weight is 587 g/mol. The number of H-pyrrole nitrogens is 2. The van der Waals surface area contributed by atoms with Gasteiger partial charge in [0.25, 0.3) is 11.8 Å². The zero-order chi connectivity index (χ0) is 27.6. The summed E-state index contributed by atoms with van der Waals surface area (Å²) >= 11 is 3.55. The predicted octanol–water partition coefficient (Wildman–Crippen LogP) is 3.36. The van der Waals surface area contributed by atoms with Crippen LogP contribution in [-0.2, 0) is 21.5 Å². The third kappa shape index (κ3) is 2.56. The second kappa shape index (κ2) is 7.50. The highest BCUT2D eigenvalue weighted by Crippen LogP contribution is 2.61. The minimum absolute atomic E-state index is 0.0470. The third-order valence-corrected chi connectivity index (χ3v) is 9.72. The number of nitrogens with one attached hydrogen (secondary N) is 4. The predicted molar refractivity (Wildman–Crippen MR) is 152 cm³/mol. The normalized spacial score (nSPS) is 26.9. The molecule has 198 valence electrons. The number of nitrogens with zero attached hydrogens (tertiary/aromatic N) is 4. The topological polar surface area (TPSA) is 126 Å². The molecule has 39 heavy (non-hydrogen) atoms. The number of carbonyl (C=O) groups excluding carboxylic acids is 2. The summed E-state index contributed by atoms with van der Waals surface area (Å²) < 4.78 is 0.903. The second-order valence-electron chi connectivity index (χ2n) is 10.8. The van der Waals surface area contributed by atoms with E-state index in [2.05, 4.69) is 25.9 Å². The van der Waals surface area contributed by atoms with Crippen molar-refractivity contribution in [2.45, 2.75) is 23.4 Å². The molecule has 4 aromatic rings. The van der Waals surface area contributed by atoms with E-state index in [0.717, 1.165) is 37.4 Å². The zero-order valence-electron chi connectivity index (χ0n) is 21.9. The van der Waals surface area contributed by atoms with E-state index in [9.17, 15) is 9.59 Å². The first-order chi connectivity index (χ1) is 18.6. The van der Waals surface area contributed by atoms with Gasteiger partial charge in [0.05, 0.1) is 11.6 Å². The molecular weight excluding hydrogens is 560 g/mol. The summed E-state index contributed by atoms with van der Waals surface area (Å²) in [6, 6.07) is 13.7. The molecule has 2 amide bonds. The Labute approximate surface area is 232 Å². The molecule has 2 spiro atoms. The Morgan fingerprint density at radius 2 is 1.59 bits per heavy atom. The molecule has 0 saturated carbocycles. The number of carbonyl (C=O) groups is 2. The molecule has 0 bridgehead atoms. The molecule has 10 nitrogen and oxygen atoms in total. The number of aromatic amines is 2. The van der Waals surface area contributed by atoms with Gasteiger partial charge in [0.2, 0.25) is 11.9 Å². The summed E-state index contributed by atoms with van der Waals surface area (Å²) in [5.74, 6) is -1.19. The fourth-order valence-corrected chi connectivity index (χ4v) is 7.71. The molecule has 2 saturated heterocycles. The van der Waals surface area contributed by atoms with Gasteiger partial charge in [-0.15, -0.1) is 0 Å². The van der Waals surface area contributed by atoms with Crippen LogP contribution in [0.15, 0.2) is 53.1 Å². The number of hydrogen-bond donors (Lipinski definition) is 4. The maximum Gasteiger partial charge on any atom is 0.261 e. The van der Waals surface area contributed by atoms with Crippen LogP contribution in [0.25, 0.3) is 21.8 Å². The Hall–Kier alpha value is -4.12. The van der Waals surface area contributed by atoms with Gasteiger partial charge in [-0.2, -0.15) is 0 Å². The summed E-state index contributed by atoms with van der Waals surface area (Å²) in [6.07, 6.45) is 2.17. The van der Waals surface area contributed by atoms with Crippen LogP contribution >= 0.6 is 15.9 Å². The molecule has 3 atom stereocenters. The highest BCUT2D eigenvalue weighted by molar-refractivity contribution is 9.10. The van der Waals surface area contributed by atoms with Crippen LogP contribution in [0.5, 0.6) is 0 Å². The van der Waals surface area contributed by atoms with Gasteiger partial charge in [0.1, 0.15) is 5.54 Å². The fraction of sp³-hybridized carbons (Fsp3) is 0.286. The first-order valence-electron chi connectivity index (χ1n) is 12.6. The van der Waals surface area contributed by atoms with E-state index in [0.29, 0.717) is 12.1 Å². The Kier molecular flexibility index (Phi) is 4.61. The van der Waals surface area contributed by atoms with E-state index in [4.69, 9.17) is 10.8 Å². The van der Waals surface area contributed by atoms with Crippen molar-refractivity contribution in [2.75, 3.05) is 28.2 Å². The summed E-state index contributed by atoms with van der Waals surface area (Å²) in [5.41, 5.74) is 1.30. The molecule has 2 fully saturated rings. The lowest BCUT2D eigenvalue weighted by atomic mass is 9.58. The maximum absolute atomic E-state index is 14.7. The molecule has 2 aliphatic heterocycles. The van der Waals surface area contributed by atoms with Crippen LogP contribution < -0.4 is 0 Å². The van der Waals surface area contributed by atoms with Crippen molar-refractivity contribution in [3.63, 3.8) is 0 Å². The first kappa shape index (κ1) is 24.0. The van der Waals surface area contributed by atoms with Gasteiger partial charge in [0, 0.05) is 67.1 Å². The highest BCUT2D eigenvalue weighted by atomic mass is 79.9. The summed E-state index contributed by atoms with van der Waals surface area (Å²) in [4.78, 5) is 42.3. The lowest BCUT2D eigenvalue weighted by Crippen LogP contribution is -2.67. The minimum Gasteiger partial charge on any atom is -0.361 e. The number of amides is 2. The summed E-state index contributed by atoms with van der Waals surface area (Å²) in [6.45, 7) is 0. The molecule has 2 aromatic carbocycles. The van der Waals surface area contributed by atoms with Gasteiger partial charge in [-0.3, -0.25) is 30.2 Å². The monoisotopic (exact) mass is 586 g/mol. The lowest BCUT2D eigenvalue weighted by molar-refractivity contribution is -0.142. The Morgan fingerprint density at radius 1 is 0.897 bits per heavy atom. The van der Waals surface area contributed by atoms with Crippen molar-refractivity contribution in [2.24, 2.45) is 0 Å². The number of benzene rings is 2. The van der Waals surface area contributed by atoms with Crippen LogP contribution in [0.2, 0.25) is 0 Å². The van der Waals surface area contributed by atoms with Crippen LogP contribution in [0.3, 0.4) is 0 Å². The van der Waals surface area contributed by atoms with E-state index in [-0.39, 0.29) is 23.7 Å². The molecular formula is C28H27BrN8O2. The van der Waals surface area contributed by atoms with Crippen molar-refractivity contribution in [1.82, 2.24) is 29.6 Å². The Balaban J connectivity index is 1.68. The van der Waals surface area contributed by atoms with Gasteiger partial charge >= 0.3 is 0 Å². The molecule has 1 aliphatic carbocycles. The van der Waals surface area contributed by atoms with E-state index in [1.807, 2.05) is 48.7 Å². The van der Waals surface area contributed by atoms with Crippen molar-refractivity contribution < 1.29 is 9.59 Å². The SMILES string of the molecule is CN1C(=N)N(C)[C@@]2(Cc3c([nH]c4ccccc34)[C@]3(C(=O)N(C)C(=N)N3C)[C@@H]2c2c[nH]c3cc(Br)ccc23)C1=O. The Morgan fingerprint density at radius 3 is 2.26 bits per heavy atom. The van der Waals surface area contributed by atoms with E-state index < -0.39 is 17.0 Å². The number of aromatic nitrogens is 2. The molecule has 11 heteroatoms. The molecule has 0 radical (unpaired) electrons. The van der Waals surface area contributed by atoms with Crippen LogP contribution in [0.4, 0.5) is 0 Å². The van der Waals surface area contributed by atoms with Gasteiger partial charge in [-0.25, -0.2) is 0 Å². The van der Waals surface area contributed by atoms with E-state index in [1.165, 1.54) is 9.80 Å². The van der Waals surface area contributed by atoms with Crippen molar-refractivity contribution in [3.8, 4) is 0 Å². The largest absolute Gasteiger partial charge is 0.361 e. The van der Waals surface area contributed by atoms with Crippen molar-refractivity contribution in [3.05, 3.63) is 70.0 Å². The summed E-state index contributed by atoms with van der Waals surface area (Å²) in [7, 11) is 6.75. The number of para-hydroxylation sites is 1. The van der Waals surface area contributed by atoms with Gasteiger partial charge in [-0.1, -0.05) is 40.2 Å². The van der Waals surface area contributed by atoms with E-state index >= 15 is 0 Å². The van der Waals surface area contributed by atoms with Gasteiger partial charge < -0.3 is 19.8 Å². The van der Waals surface area contributed by atoms with Crippen molar-refractivity contribution >= 4 is 61.5 Å². The van der Waals surface area contributed by atoms with Gasteiger partial charge in [-0.05, 0) is 29.3 Å². The summed E-state index contributed by atoms with van der Waals surface area (Å²) in [5, 5.41) is 19.6. The highest BCUT2D eigenvalue weighted by Gasteiger charge is 2.73. The van der Waals surface area contributed by atoms with Crippen LogP contribution in [0, 0.1) is 10.8 Å². The number of halogens is 1. The fourth-order valence-electron chi connectivity index (χ4n) is 7.35. The standard InChI is InChI=1S/C28H27BrN8O2/c1-34-23(38)27(36(3)25(34)30)12-17-15-7-5-6-8-19(15)33-22(17)28(24(39)35(2)26(31)37(28)4)21(27)18-13-32-20-11-14(29)9-10-16(18)20/h5-11,13,21,30-33H,12H2,1-4H3/t21-,27-,28+/m1/s1. The van der Waals surface area contributed by atoms with Crippen LogP contribution in [0.1, 0.15) is 22.7 Å². The lowest BCUT2D eigenvalue weighted by Gasteiger charge is -2.53.